The van der Waals surface area contributed by atoms with Gasteiger partial charge in [0, 0.05) is 32.2 Å². The molecule has 2 aliphatic rings. The Kier molecular flexibility index (Phi) is 4.78. The molecule has 21 heavy (non-hydrogen) atoms. The molecule has 1 aromatic carbocycles. The molecule has 0 saturated heterocycles. The molecule has 2 N–H and O–H groups in total. The Hall–Kier alpha value is -1.10. The minimum absolute atomic E-state index is 0.250. The highest BCUT2D eigenvalue weighted by atomic mass is 16.5. The van der Waals surface area contributed by atoms with Gasteiger partial charge < -0.3 is 15.2 Å². The van der Waals surface area contributed by atoms with E-state index >= 15 is 0 Å². The normalized spacial score (nSPS) is 18.6. The predicted molar refractivity (Wildman–Crippen MR) is 83.6 cm³/mol. The number of fused-ring (bicyclic) bond motifs is 1. The molecule has 0 amide bonds. The lowest BCUT2D eigenvalue weighted by atomic mass is 10.0. The fourth-order valence-corrected chi connectivity index (χ4v) is 2.88. The van der Waals surface area contributed by atoms with Crippen LogP contribution in [0.4, 0.5) is 0 Å². The van der Waals surface area contributed by atoms with E-state index in [0.29, 0.717) is 6.54 Å². The quantitative estimate of drug-likeness (QED) is 0.744. The summed E-state index contributed by atoms with van der Waals surface area (Å²) in [5, 5.41) is 0. The van der Waals surface area contributed by atoms with E-state index in [1.807, 2.05) is 0 Å². The molecule has 0 bridgehead atoms. The van der Waals surface area contributed by atoms with Crippen molar-refractivity contribution in [2.45, 2.75) is 25.3 Å². The monoisotopic (exact) mass is 290 g/mol. The average molecular weight is 290 g/mol. The van der Waals surface area contributed by atoms with Crippen LogP contribution in [0.25, 0.3) is 0 Å². The number of benzene rings is 1. The molecule has 4 nitrogen and oxygen atoms in total. The summed E-state index contributed by atoms with van der Waals surface area (Å²) < 4.78 is 11.3. The zero-order chi connectivity index (χ0) is 14.7. The van der Waals surface area contributed by atoms with Gasteiger partial charge in [-0.3, -0.25) is 4.90 Å². The number of nitrogens with zero attached hydrogens (tertiary/aromatic N) is 1. The van der Waals surface area contributed by atoms with Crippen LogP contribution in [-0.4, -0.2) is 44.9 Å². The summed E-state index contributed by atoms with van der Waals surface area (Å²) in [4.78, 5) is 2.30. The van der Waals surface area contributed by atoms with Crippen molar-refractivity contribution in [1.82, 2.24) is 4.90 Å². The molecule has 116 valence electrons. The van der Waals surface area contributed by atoms with Crippen LogP contribution in [0.2, 0.25) is 0 Å². The Morgan fingerprint density at radius 2 is 2.29 bits per heavy atom. The second kappa shape index (κ2) is 6.77. The highest BCUT2D eigenvalue weighted by Gasteiger charge is 2.22. The molecule has 0 radical (unpaired) electrons. The van der Waals surface area contributed by atoms with Crippen LogP contribution in [-0.2, 0) is 11.2 Å². The lowest BCUT2D eigenvalue weighted by Crippen LogP contribution is -2.33. The zero-order valence-corrected chi connectivity index (χ0v) is 12.9. The summed E-state index contributed by atoms with van der Waals surface area (Å²) in [6.45, 7) is 4.06. The Morgan fingerprint density at radius 1 is 1.43 bits per heavy atom. The van der Waals surface area contributed by atoms with Gasteiger partial charge >= 0.3 is 0 Å². The first-order valence-corrected chi connectivity index (χ1v) is 8.01. The van der Waals surface area contributed by atoms with Crippen molar-refractivity contribution >= 4 is 0 Å². The van der Waals surface area contributed by atoms with Gasteiger partial charge in [-0.25, -0.2) is 0 Å². The van der Waals surface area contributed by atoms with E-state index < -0.39 is 0 Å². The summed E-state index contributed by atoms with van der Waals surface area (Å²) >= 11 is 0. The minimum Gasteiger partial charge on any atom is -0.493 e. The number of nitrogens with two attached hydrogens (primary N) is 1. The molecule has 1 saturated carbocycles. The maximum absolute atomic E-state index is 6.00. The van der Waals surface area contributed by atoms with E-state index in [9.17, 15) is 0 Å². The van der Waals surface area contributed by atoms with Gasteiger partial charge in [-0.15, -0.1) is 0 Å². The van der Waals surface area contributed by atoms with Crippen LogP contribution in [0.1, 0.15) is 30.0 Å². The molecule has 1 unspecified atom stereocenters. The van der Waals surface area contributed by atoms with Gasteiger partial charge in [0.05, 0.1) is 13.2 Å². The summed E-state index contributed by atoms with van der Waals surface area (Å²) in [5.74, 6) is 1.86. The number of hydrogen-bond donors (Lipinski definition) is 1. The van der Waals surface area contributed by atoms with Crippen molar-refractivity contribution in [3.8, 4) is 5.75 Å². The largest absolute Gasteiger partial charge is 0.493 e. The number of likely N-dealkylation sites (N-methyl/N-ethyl adjacent to an activating group) is 1. The maximum atomic E-state index is 6.00. The molecule has 0 aromatic heterocycles. The smallest absolute Gasteiger partial charge is 0.122 e. The molecular formula is C17H26N2O2. The van der Waals surface area contributed by atoms with Crippen molar-refractivity contribution in [2.75, 3.05) is 40.0 Å². The highest BCUT2D eigenvalue weighted by Crippen LogP contribution is 2.30. The number of ether oxygens (including phenoxy) is 2. The fraction of sp³-hybridized carbons (Fsp3) is 0.647. The van der Waals surface area contributed by atoms with Gasteiger partial charge in [-0.05, 0) is 43.0 Å². The van der Waals surface area contributed by atoms with E-state index in [1.54, 1.807) is 0 Å². The molecule has 1 aromatic rings. The van der Waals surface area contributed by atoms with Crippen LogP contribution < -0.4 is 10.5 Å². The number of rotatable bonds is 8. The van der Waals surface area contributed by atoms with Crippen LogP contribution in [0, 0.1) is 5.92 Å². The third-order valence-corrected chi connectivity index (χ3v) is 4.49. The van der Waals surface area contributed by atoms with Gasteiger partial charge in [-0.2, -0.15) is 0 Å². The minimum atomic E-state index is 0.250. The molecule has 0 spiro atoms. The van der Waals surface area contributed by atoms with Crippen molar-refractivity contribution in [3.63, 3.8) is 0 Å². The first-order valence-electron chi connectivity index (χ1n) is 8.01. The zero-order valence-electron chi connectivity index (χ0n) is 12.9. The molecule has 3 rings (SSSR count). The summed E-state index contributed by atoms with van der Waals surface area (Å²) in [7, 11) is 2.13. The third-order valence-electron chi connectivity index (χ3n) is 4.49. The highest BCUT2D eigenvalue weighted by molar-refractivity contribution is 5.40. The molecule has 1 heterocycles. The standard InChI is InChI=1S/C17H26N2O2/c1-19(7-9-20-12-13-2-3-13)16(11-18)14-4-5-17-15(10-14)6-8-21-17/h4-5,10,13,16H,2-3,6-9,11-12,18H2,1H3. The van der Waals surface area contributed by atoms with Crippen LogP contribution in [0.5, 0.6) is 5.75 Å². The van der Waals surface area contributed by atoms with Gasteiger partial charge in [-0.1, -0.05) is 12.1 Å². The van der Waals surface area contributed by atoms with E-state index in [1.165, 1.54) is 24.0 Å². The summed E-state index contributed by atoms with van der Waals surface area (Å²) in [6, 6.07) is 6.73. The van der Waals surface area contributed by atoms with Crippen molar-refractivity contribution < 1.29 is 9.47 Å². The first kappa shape index (κ1) is 14.8. The van der Waals surface area contributed by atoms with E-state index in [-0.39, 0.29) is 6.04 Å². The van der Waals surface area contributed by atoms with Crippen LogP contribution in [0.3, 0.4) is 0 Å². The van der Waals surface area contributed by atoms with Crippen LogP contribution >= 0.6 is 0 Å². The third kappa shape index (κ3) is 3.76. The van der Waals surface area contributed by atoms with Gasteiger partial charge in [0.15, 0.2) is 0 Å². The van der Waals surface area contributed by atoms with Crippen LogP contribution in [0.15, 0.2) is 18.2 Å². The fourth-order valence-electron chi connectivity index (χ4n) is 2.88. The Balaban J connectivity index is 1.55. The molecule has 1 aliphatic carbocycles. The Bertz CT molecular complexity index is 474. The SMILES string of the molecule is CN(CCOCC1CC1)C(CN)c1ccc2c(c1)CCO2. The van der Waals surface area contributed by atoms with Crippen molar-refractivity contribution in [3.05, 3.63) is 29.3 Å². The molecule has 4 heteroatoms. The number of hydrogen-bond acceptors (Lipinski definition) is 4. The lowest BCUT2D eigenvalue weighted by Gasteiger charge is -2.27. The first-order chi connectivity index (χ1) is 10.3. The molecule has 1 aliphatic heterocycles. The Labute approximate surface area is 127 Å². The van der Waals surface area contributed by atoms with Gasteiger partial charge in [0.2, 0.25) is 0 Å². The second-order valence-corrected chi connectivity index (χ2v) is 6.22. The van der Waals surface area contributed by atoms with E-state index in [4.69, 9.17) is 15.2 Å². The predicted octanol–water partition coefficient (Wildman–Crippen LogP) is 1.98. The maximum Gasteiger partial charge on any atom is 0.122 e. The van der Waals surface area contributed by atoms with Gasteiger partial charge in [0.1, 0.15) is 5.75 Å². The van der Waals surface area contributed by atoms with Crippen molar-refractivity contribution in [2.24, 2.45) is 11.7 Å². The lowest BCUT2D eigenvalue weighted by molar-refractivity contribution is 0.0922. The van der Waals surface area contributed by atoms with E-state index in [0.717, 1.165) is 44.5 Å². The topological polar surface area (TPSA) is 47.7 Å². The summed E-state index contributed by atoms with van der Waals surface area (Å²) in [5.41, 5.74) is 8.59. The molecule has 1 atom stereocenters. The molecule has 1 fully saturated rings. The average Bonchev–Trinajstić information content (AvgIpc) is 3.20. The summed E-state index contributed by atoms with van der Waals surface area (Å²) in [6.07, 6.45) is 3.70. The van der Waals surface area contributed by atoms with Gasteiger partial charge in [0.25, 0.3) is 0 Å². The van der Waals surface area contributed by atoms with Crippen molar-refractivity contribution in [1.29, 1.82) is 0 Å². The molecular weight excluding hydrogens is 264 g/mol. The second-order valence-electron chi connectivity index (χ2n) is 6.22. The van der Waals surface area contributed by atoms with E-state index in [2.05, 4.69) is 30.1 Å². The Morgan fingerprint density at radius 3 is 3.05 bits per heavy atom.